The number of imide groups is 1. The van der Waals surface area contributed by atoms with E-state index in [0.29, 0.717) is 11.1 Å². The molecule has 0 atom stereocenters. The predicted molar refractivity (Wildman–Crippen MR) is 76.4 cm³/mol. The smallest absolute Gasteiger partial charge is 0.417 e. The Kier molecular flexibility index (Phi) is 3.91. The Hall–Kier alpha value is -2.44. The highest BCUT2D eigenvalue weighted by Crippen LogP contribution is 2.26. The van der Waals surface area contributed by atoms with Gasteiger partial charge < -0.3 is 9.47 Å². The van der Waals surface area contributed by atoms with Crippen molar-refractivity contribution in [2.45, 2.75) is 39.8 Å². The third-order valence-corrected chi connectivity index (χ3v) is 3.12. The number of carbonyl (C=O) groups excluding carboxylic acids is 3. The summed E-state index contributed by atoms with van der Waals surface area (Å²) in [6.45, 7) is 6.99. The molecule has 0 radical (unpaired) electrons. The van der Waals surface area contributed by atoms with Crippen molar-refractivity contribution in [3.8, 4) is 0 Å². The van der Waals surface area contributed by atoms with Crippen LogP contribution < -0.4 is 0 Å². The minimum absolute atomic E-state index is 0.0399. The van der Waals surface area contributed by atoms with Gasteiger partial charge in [-0.3, -0.25) is 4.79 Å². The van der Waals surface area contributed by atoms with Crippen LogP contribution in [-0.4, -0.2) is 40.6 Å². The number of pyridine rings is 1. The first-order valence-corrected chi connectivity index (χ1v) is 6.77. The second-order valence-corrected chi connectivity index (χ2v) is 6.01. The molecule has 0 saturated carbocycles. The van der Waals surface area contributed by atoms with Crippen molar-refractivity contribution in [2.24, 2.45) is 0 Å². The molecule has 0 aliphatic carbocycles. The van der Waals surface area contributed by atoms with Crippen molar-refractivity contribution in [2.75, 3.05) is 7.11 Å². The topological polar surface area (TPSA) is 85.8 Å². The lowest BCUT2D eigenvalue weighted by Crippen LogP contribution is -2.37. The van der Waals surface area contributed by atoms with E-state index in [1.54, 1.807) is 27.7 Å². The Labute approximate surface area is 128 Å². The zero-order valence-corrected chi connectivity index (χ0v) is 13.2. The molecule has 2 rings (SSSR count). The zero-order valence-electron chi connectivity index (χ0n) is 13.2. The van der Waals surface area contributed by atoms with Crippen LogP contribution in [0.3, 0.4) is 0 Å². The van der Waals surface area contributed by atoms with E-state index < -0.39 is 23.6 Å². The molecular formula is C15H18N2O5. The highest BCUT2D eigenvalue weighted by atomic mass is 16.6. The maximum Gasteiger partial charge on any atom is 0.417 e. The highest BCUT2D eigenvalue weighted by molar-refractivity contribution is 6.06. The average molecular weight is 306 g/mol. The Morgan fingerprint density at radius 1 is 1.32 bits per heavy atom. The van der Waals surface area contributed by atoms with Gasteiger partial charge in [0.25, 0.3) is 5.91 Å². The predicted octanol–water partition coefficient (Wildman–Crippen LogP) is 2.07. The van der Waals surface area contributed by atoms with Crippen LogP contribution in [0.15, 0.2) is 6.07 Å². The molecule has 7 heteroatoms. The second kappa shape index (κ2) is 5.40. The van der Waals surface area contributed by atoms with Gasteiger partial charge in [0.2, 0.25) is 0 Å². The molecular weight excluding hydrogens is 288 g/mol. The molecule has 0 saturated heterocycles. The molecule has 1 aromatic heterocycles. The molecule has 0 spiro atoms. The number of methoxy groups -OCH3 is 1. The number of carbonyl (C=O) groups is 3. The van der Waals surface area contributed by atoms with Gasteiger partial charge in [0.15, 0.2) is 0 Å². The van der Waals surface area contributed by atoms with Crippen LogP contribution in [0.2, 0.25) is 0 Å². The summed E-state index contributed by atoms with van der Waals surface area (Å²) in [5.41, 5.74) is 0.740. The summed E-state index contributed by atoms with van der Waals surface area (Å²) in [5, 5.41) is 0. The molecule has 2 amide bonds. The zero-order chi connectivity index (χ0) is 16.7. The van der Waals surface area contributed by atoms with E-state index in [-0.39, 0.29) is 17.9 Å². The maximum absolute atomic E-state index is 12.3. The lowest BCUT2D eigenvalue weighted by atomic mass is 10.1. The third-order valence-electron chi connectivity index (χ3n) is 3.12. The summed E-state index contributed by atoms with van der Waals surface area (Å²) in [5.74, 6) is -1.20. The normalized spacial score (nSPS) is 13.9. The summed E-state index contributed by atoms with van der Waals surface area (Å²) >= 11 is 0. The lowest BCUT2D eigenvalue weighted by molar-refractivity contribution is 0.0247. The van der Waals surface area contributed by atoms with E-state index in [1.165, 1.54) is 13.2 Å². The summed E-state index contributed by atoms with van der Waals surface area (Å²) in [7, 11) is 1.24. The van der Waals surface area contributed by atoms with Crippen LogP contribution in [0.5, 0.6) is 0 Å². The van der Waals surface area contributed by atoms with Gasteiger partial charge in [0.1, 0.15) is 17.0 Å². The number of fused-ring (bicyclic) bond motifs is 1. The molecule has 0 aromatic carbocycles. The Balaban J connectivity index is 2.34. The fraction of sp³-hybridized carbons (Fsp3) is 0.467. The second-order valence-electron chi connectivity index (χ2n) is 6.01. The van der Waals surface area contributed by atoms with Gasteiger partial charge in [-0.2, -0.15) is 0 Å². The molecule has 0 bridgehead atoms. The molecule has 1 aliphatic heterocycles. The maximum atomic E-state index is 12.3. The van der Waals surface area contributed by atoms with Gasteiger partial charge >= 0.3 is 12.1 Å². The summed E-state index contributed by atoms with van der Waals surface area (Å²) in [6, 6.07) is 1.54. The number of esters is 1. The van der Waals surface area contributed by atoms with Gasteiger partial charge in [-0.25, -0.2) is 19.5 Å². The number of rotatable bonds is 1. The Morgan fingerprint density at radius 2 is 1.95 bits per heavy atom. The number of aryl methyl sites for hydroxylation is 1. The molecule has 2 heterocycles. The number of hydrogen-bond acceptors (Lipinski definition) is 6. The first-order chi connectivity index (χ1) is 10.1. The van der Waals surface area contributed by atoms with E-state index in [0.717, 1.165) is 4.90 Å². The fourth-order valence-corrected chi connectivity index (χ4v) is 2.11. The van der Waals surface area contributed by atoms with Crippen molar-refractivity contribution in [1.82, 2.24) is 9.88 Å². The van der Waals surface area contributed by atoms with Crippen molar-refractivity contribution < 1.29 is 23.9 Å². The quantitative estimate of drug-likeness (QED) is 0.738. The van der Waals surface area contributed by atoms with E-state index in [9.17, 15) is 14.4 Å². The molecule has 7 nitrogen and oxygen atoms in total. The fourth-order valence-electron chi connectivity index (χ4n) is 2.11. The lowest BCUT2D eigenvalue weighted by Gasteiger charge is -2.23. The minimum atomic E-state index is -0.727. The van der Waals surface area contributed by atoms with Crippen LogP contribution >= 0.6 is 0 Å². The van der Waals surface area contributed by atoms with Crippen LogP contribution in [0.25, 0.3) is 0 Å². The van der Waals surface area contributed by atoms with Crippen LogP contribution in [0.1, 0.15) is 52.9 Å². The van der Waals surface area contributed by atoms with Gasteiger partial charge in [-0.1, -0.05) is 0 Å². The molecule has 1 aromatic rings. The summed E-state index contributed by atoms with van der Waals surface area (Å²) < 4.78 is 9.82. The van der Waals surface area contributed by atoms with Gasteiger partial charge in [-0.15, -0.1) is 0 Å². The molecule has 22 heavy (non-hydrogen) atoms. The van der Waals surface area contributed by atoms with E-state index in [2.05, 4.69) is 9.72 Å². The third kappa shape index (κ3) is 2.93. The van der Waals surface area contributed by atoms with Crippen LogP contribution in [0, 0.1) is 6.92 Å². The van der Waals surface area contributed by atoms with Crippen molar-refractivity contribution in [3.63, 3.8) is 0 Å². The number of amides is 2. The van der Waals surface area contributed by atoms with E-state index in [4.69, 9.17) is 4.74 Å². The van der Waals surface area contributed by atoms with Crippen LogP contribution in [-0.2, 0) is 16.0 Å². The van der Waals surface area contributed by atoms with E-state index >= 15 is 0 Å². The largest absolute Gasteiger partial charge is 0.464 e. The molecule has 0 unspecified atom stereocenters. The molecule has 118 valence electrons. The number of ether oxygens (including phenoxy) is 2. The van der Waals surface area contributed by atoms with Gasteiger partial charge in [-0.05, 0) is 39.3 Å². The summed E-state index contributed by atoms with van der Waals surface area (Å²) in [6.07, 6.45) is -0.727. The number of nitrogens with zero attached hydrogens (tertiary/aromatic N) is 2. The molecule has 0 fully saturated rings. The highest BCUT2D eigenvalue weighted by Gasteiger charge is 2.37. The first kappa shape index (κ1) is 15.9. The number of hydrogen-bond donors (Lipinski definition) is 0. The van der Waals surface area contributed by atoms with Gasteiger partial charge in [0.05, 0.1) is 13.7 Å². The SMILES string of the molecule is COC(=O)c1cc(C)c2c(n1)C(=O)N(C(=O)OC(C)(C)C)C2. The molecule has 0 N–H and O–H groups in total. The standard InChI is InChI=1S/C15H18N2O5/c1-8-6-10(13(19)21-5)16-11-9(8)7-17(12(11)18)14(20)22-15(2,3)4/h6H,7H2,1-5H3. The number of aromatic nitrogens is 1. The van der Waals surface area contributed by atoms with Crippen LogP contribution in [0.4, 0.5) is 4.79 Å². The van der Waals surface area contributed by atoms with Crippen molar-refractivity contribution >= 4 is 18.0 Å². The monoisotopic (exact) mass is 306 g/mol. The van der Waals surface area contributed by atoms with Crippen molar-refractivity contribution in [3.05, 3.63) is 28.6 Å². The van der Waals surface area contributed by atoms with E-state index in [1.807, 2.05) is 0 Å². The average Bonchev–Trinajstić information content (AvgIpc) is 2.74. The Bertz CT molecular complexity index is 661. The van der Waals surface area contributed by atoms with Crippen molar-refractivity contribution in [1.29, 1.82) is 0 Å². The first-order valence-electron chi connectivity index (χ1n) is 6.77. The summed E-state index contributed by atoms with van der Waals surface area (Å²) in [4.78, 5) is 41.0. The Morgan fingerprint density at radius 3 is 2.50 bits per heavy atom. The van der Waals surface area contributed by atoms with Gasteiger partial charge in [0, 0.05) is 5.56 Å². The minimum Gasteiger partial charge on any atom is -0.464 e. The molecule has 1 aliphatic rings.